The lowest BCUT2D eigenvalue weighted by molar-refractivity contribution is -0.119. The van der Waals surface area contributed by atoms with Crippen LogP contribution in [0.15, 0.2) is 77.7 Å². The molecule has 1 heterocycles. The monoisotopic (exact) mass is 482 g/mol. The number of fused-ring (bicyclic) bond motifs is 1. The van der Waals surface area contributed by atoms with Crippen LogP contribution in [0.3, 0.4) is 0 Å². The van der Waals surface area contributed by atoms with Crippen LogP contribution in [0.4, 0.5) is 5.69 Å². The Labute approximate surface area is 196 Å². The van der Waals surface area contributed by atoms with E-state index in [-0.39, 0.29) is 16.8 Å². The summed E-state index contributed by atoms with van der Waals surface area (Å²) in [5.74, 6) is 0.266. The van der Waals surface area contributed by atoms with Gasteiger partial charge < -0.3 is 9.64 Å². The summed E-state index contributed by atoms with van der Waals surface area (Å²) in [7, 11) is -0.886. The maximum atomic E-state index is 13.5. The first kappa shape index (κ1) is 22.8. The summed E-state index contributed by atoms with van der Waals surface area (Å²) in [5.41, 5.74) is 2.22. The number of benzene rings is 3. The third kappa shape index (κ3) is 5.03. The second-order valence-corrected chi connectivity index (χ2v) is 9.56. The van der Waals surface area contributed by atoms with Crippen molar-refractivity contribution in [3.8, 4) is 5.75 Å². The van der Waals surface area contributed by atoms with E-state index in [0.29, 0.717) is 17.0 Å². The summed E-state index contributed by atoms with van der Waals surface area (Å²) in [4.78, 5) is 14.9. The zero-order valence-electron chi connectivity index (χ0n) is 18.0. The largest absolute Gasteiger partial charge is 0.497 e. The van der Waals surface area contributed by atoms with Crippen molar-refractivity contribution >= 4 is 44.4 Å². The number of nitrogens with zero attached hydrogens (tertiary/aromatic N) is 3. The molecule has 4 rings (SSSR count). The Hall–Kier alpha value is -3.34. The maximum Gasteiger partial charge on any atom is 0.245 e. The molecule has 1 amide bonds. The van der Waals surface area contributed by atoms with Crippen LogP contribution >= 0.6 is 11.7 Å². The Morgan fingerprint density at radius 3 is 2.45 bits per heavy atom. The van der Waals surface area contributed by atoms with E-state index in [1.165, 1.54) is 11.0 Å². The molecule has 33 heavy (non-hydrogen) atoms. The number of amides is 1. The lowest BCUT2D eigenvalue weighted by atomic mass is 10.1. The summed E-state index contributed by atoms with van der Waals surface area (Å²) < 4.78 is 42.7. The minimum Gasteiger partial charge on any atom is -0.497 e. The topological polar surface area (TPSA) is 101 Å². The van der Waals surface area contributed by atoms with Crippen molar-refractivity contribution in [1.29, 1.82) is 0 Å². The van der Waals surface area contributed by atoms with E-state index >= 15 is 0 Å². The zero-order valence-corrected chi connectivity index (χ0v) is 19.6. The summed E-state index contributed by atoms with van der Waals surface area (Å²) in [6.07, 6.45) is 0.185. The van der Waals surface area contributed by atoms with E-state index in [4.69, 9.17) is 4.74 Å². The molecule has 1 aromatic heterocycles. The molecule has 0 saturated heterocycles. The minimum absolute atomic E-state index is 0.00767. The molecule has 10 heteroatoms. The van der Waals surface area contributed by atoms with E-state index in [2.05, 4.69) is 13.5 Å². The molecule has 0 fully saturated rings. The molecule has 1 atom stereocenters. The molecule has 1 N–H and O–H groups in total. The molecule has 0 spiro atoms. The average molecular weight is 483 g/mol. The zero-order chi connectivity index (χ0) is 23.4. The number of carbonyl (C=O) groups excluding carboxylic acids is 1. The van der Waals surface area contributed by atoms with Crippen LogP contribution in [-0.4, -0.2) is 43.3 Å². The van der Waals surface area contributed by atoms with Crippen molar-refractivity contribution < 1.29 is 17.9 Å². The van der Waals surface area contributed by atoms with E-state index in [1.54, 1.807) is 50.6 Å². The van der Waals surface area contributed by atoms with E-state index in [9.17, 15) is 13.2 Å². The van der Waals surface area contributed by atoms with Crippen LogP contribution < -0.4 is 14.4 Å². The van der Waals surface area contributed by atoms with Crippen LogP contribution in [0.5, 0.6) is 5.75 Å². The number of anilines is 1. The van der Waals surface area contributed by atoms with Gasteiger partial charge >= 0.3 is 0 Å². The fraction of sp³-hybridized carbons (Fsp3) is 0.174. The fourth-order valence-corrected chi connectivity index (χ4v) is 5.40. The fourth-order valence-electron chi connectivity index (χ4n) is 3.45. The quantitative estimate of drug-likeness (QED) is 0.414. The van der Waals surface area contributed by atoms with Crippen LogP contribution in [0, 0.1) is 0 Å². The SMILES string of the molecule is COc1ccc(N(C)C(=O)C(Cc2ccccc2)NS(=O)(=O)c2cccc3nsnc23)cc1. The average Bonchev–Trinajstić information content (AvgIpc) is 3.32. The van der Waals surface area contributed by atoms with Crippen molar-refractivity contribution in [2.45, 2.75) is 17.4 Å². The van der Waals surface area contributed by atoms with Crippen molar-refractivity contribution in [2.24, 2.45) is 0 Å². The summed E-state index contributed by atoms with van der Waals surface area (Å²) in [6.45, 7) is 0. The number of hydrogen-bond acceptors (Lipinski definition) is 7. The summed E-state index contributed by atoms with van der Waals surface area (Å²) in [6, 6.07) is 20.0. The Bertz CT molecular complexity index is 1360. The van der Waals surface area contributed by atoms with Crippen molar-refractivity contribution in [2.75, 3.05) is 19.1 Å². The van der Waals surface area contributed by atoms with Crippen LogP contribution in [0.2, 0.25) is 0 Å². The van der Waals surface area contributed by atoms with Crippen LogP contribution in [0.1, 0.15) is 5.56 Å². The predicted octanol–water partition coefficient (Wildman–Crippen LogP) is 3.25. The van der Waals surface area contributed by atoms with Gasteiger partial charge in [-0.1, -0.05) is 36.4 Å². The number of ether oxygens (including phenoxy) is 1. The number of nitrogens with one attached hydrogen (secondary N) is 1. The number of likely N-dealkylation sites (N-methyl/N-ethyl adjacent to an activating group) is 1. The number of hydrogen-bond donors (Lipinski definition) is 1. The Balaban J connectivity index is 1.66. The van der Waals surface area contributed by atoms with Gasteiger partial charge in [0.1, 0.15) is 27.7 Å². The standard InChI is InChI=1S/C23H22N4O4S2/c1-27(17-11-13-18(31-2)14-12-17)23(28)20(15-16-7-4-3-5-8-16)26-33(29,30)21-10-6-9-19-22(21)25-32-24-19/h3-14,20,26H,15H2,1-2H3. The number of aromatic nitrogens is 2. The van der Waals surface area contributed by atoms with E-state index in [1.807, 2.05) is 30.3 Å². The normalized spacial score (nSPS) is 12.4. The first-order valence-corrected chi connectivity index (χ1v) is 12.3. The molecule has 0 saturated carbocycles. The maximum absolute atomic E-state index is 13.5. The molecular weight excluding hydrogens is 460 g/mol. The van der Waals surface area contributed by atoms with Gasteiger partial charge in [0.15, 0.2) is 0 Å². The van der Waals surface area contributed by atoms with Gasteiger partial charge in [0.2, 0.25) is 15.9 Å². The van der Waals surface area contributed by atoms with Gasteiger partial charge in [0.25, 0.3) is 0 Å². The van der Waals surface area contributed by atoms with E-state index < -0.39 is 22.0 Å². The van der Waals surface area contributed by atoms with Gasteiger partial charge in [-0.15, -0.1) is 0 Å². The minimum atomic E-state index is -4.06. The summed E-state index contributed by atoms with van der Waals surface area (Å²) >= 11 is 0.938. The van der Waals surface area contributed by atoms with Crippen molar-refractivity contribution in [3.05, 3.63) is 78.4 Å². The van der Waals surface area contributed by atoms with Crippen LogP contribution in [0.25, 0.3) is 11.0 Å². The second-order valence-electron chi connectivity index (χ2n) is 7.35. The van der Waals surface area contributed by atoms with Crippen LogP contribution in [-0.2, 0) is 21.2 Å². The molecule has 1 unspecified atom stereocenters. The van der Waals surface area contributed by atoms with Gasteiger partial charge in [0, 0.05) is 12.7 Å². The smallest absolute Gasteiger partial charge is 0.245 e. The van der Waals surface area contributed by atoms with E-state index in [0.717, 1.165) is 17.3 Å². The van der Waals surface area contributed by atoms with Gasteiger partial charge in [-0.05, 0) is 48.4 Å². The Kier molecular flexibility index (Phi) is 6.68. The molecule has 170 valence electrons. The van der Waals surface area contributed by atoms with Gasteiger partial charge in [0.05, 0.1) is 18.8 Å². The Morgan fingerprint density at radius 1 is 1.03 bits per heavy atom. The second kappa shape index (κ2) is 9.65. The first-order chi connectivity index (χ1) is 15.9. The number of sulfonamides is 1. The Morgan fingerprint density at radius 2 is 1.76 bits per heavy atom. The highest BCUT2D eigenvalue weighted by Crippen LogP contribution is 2.23. The number of carbonyl (C=O) groups is 1. The number of rotatable bonds is 8. The third-order valence-electron chi connectivity index (χ3n) is 5.21. The number of methoxy groups -OCH3 is 1. The third-order valence-corrected chi connectivity index (χ3v) is 7.25. The lowest BCUT2D eigenvalue weighted by Crippen LogP contribution is -2.48. The molecule has 8 nitrogen and oxygen atoms in total. The van der Waals surface area contributed by atoms with Gasteiger partial charge in [-0.25, -0.2) is 8.42 Å². The molecular formula is C23H22N4O4S2. The molecule has 0 aliphatic rings. The molecule has 0 aliphatic heterocycles. The highest BCUT2D eigenvalue weighted by Gasteiger charge is 2.30. The van der Waals surface area contributed by atoms with Crippen molar-refractivity contribution in [3.63, 3.8) is 0 Å². The molecule has 4 aromatic rings. The molecule has 0 radical (unpaired) electrons. The molecule has 0 aliphatic carbocycles. The predicted molar refractivity (Wildman–Crippen MR) is 128 cm³/mol. The molecule has 0 bridgehead atoms. The first-order valence-electron chi connectivity index (χ1n) is 10.1. The highest BCUT2D eigenvalue weighted by atomic mass is 32.2. The summed E-state index contributed by atoms with van der Waals surface area (Å²) in [5, 5.41) is 0. The molecule has 3 aromatic carbocycles. The highest BCUT2D eigenvalue weighted by molar-refractivity contribution is 7.89. The van der Waals surface area contributed by atoms with Crippen molar-refractivity contribution in [1.82, 2.24) is 13.5 Å². The van der Waals surface area contributed by atoms with Gasteiger partial charge in [-0.3, -0.25) is 4.79 Å². The van der Waals surface area contributed by atoms with Gasteiger partial charge in [-0.2, -0.15) is 13.5 Å². The lowest BCUT2D eigenvalue weighted by Gasteiger charge is -2.25.